The SMILES string of the molecule is CC12CCCC1c1cc(-c3cc(-c4ccccc4)c4ccc5c(-c6ccc7c(c6)C6CCCC6(C)N7c6ccccc6)cc(-c6ccccc6)c6ccc3c4c65)ccc1N2c1ccccc1. The van der Waals surface area contributed by atoms with Gasteiger partial charge in [0.2, 0.25) is 0 Å². The van der Waals surface area contributed by atoms with E-state index in [0.717, 1.165) is 0 Å². The molecule has 4 atom stereocenters. The van der Waals surface area contributed by atoms with Gasteiger partial charge in [0.05, 0.1) is 0 Å². The van der Waals surface area contributed by atoms with E-state index in [1.807, 2.05) is 0 Å². The molecule has 0 N–H and O–H groups in total. The fraction of sp³-hybridized carbons (Fsp3) is 0.188. The van der Waals surface area contributed by atoms with Crippen LogP contribution >= 0.6 is 0 Å². The van der Waals surface area contributed by atoms with E-state index in [1.54, 1.807) is 0 Å². The monoisotopic (exact) mass is 848 g/mol. The Kier molecular flexibility index (Phi) is 8.19. The molecule has 4 unspecified atom stereocenters. The van der Waals surface area contributed by atoms with Crippen molar-refractivity contribution in [2.45, 2.75) is 75.3 Å². The van der Waals surface area contributed by atoms with Gasteiger partial charge in [0.15, 0.2) is 0 Å². The van der Waals surface area contributed by atoms with E-state index in [2.05, 4.69) is 218 Å². The average molecular weight is 849 g/mol. The molecule has 10 aromatic rings. The number of benzene rings is 10. The van der Waals surface area contributed by atoms with E-state index in [9.17, 15) is 0 Å². The molecule has 318 valence electrons. The number of anilines is 4. The maximum absolute atomic E-state index is 2.67. The van der Waals surface area contributed by atoms with Gasteiger partial charge in [-0.25, -0.2) is 0 Å². The summed E-state index contributed by atoms with van der Waals surface area (Å²) in [6, 6.07) is 74.1. The zero-order valence-corrected chi connectivity index (χ0v) is 37.8. The number of fused-ring (bicyclic) bond motifs is 6. The lowest BCUT2D eigenvalue weighted by atomic mass is 9.81. The van der Waals surface area contributed by atoms with Crippen molar-refractivity contribution in [3.8, 4) is 44.5 Å². The second-order valence-corrected chi connectivity index (χ2v) is 20.2. The topological polar surface area (TPSA) is 6.48 Å². The van der Waals surface area contributed by atoms with Crippen molar-refractivity contribution < 1.29 is 0 Å². The third-order valence-corrected chi connectivity index (χ3v) is 16.9. The van der Waals surface area contributed by atoms with E-state index >= 15 is 0 Å². The minimum absolute atomic E-state index is 0.0676. The summed E-state index contributed by atoms with van der Waals surface area (Å²) < 4.78 is 0. The van der Waals surface area contributed by atoms with E-state index < -0.39 is 0 Å². The summed E-state index contributed by atoms with van der Waals surface area (Å²) in [4.78, 5) is 5.34. The molecule has 0 bridgehead atoms. The third kappa shape index (κ3) is 5.30. The molecule has 2 heterocycles. The minimum atomic E-state index is 0.0676. The summed E-state index contributed by atoms with van der Waals surface area (Å²) in [6.45, 7) is 5.02. The molecule has 2 nitrogen and oxygen atoms in total. The molecule has 2 heteroatoms. The van der Waals surface area contributed by atoms with Crippen molar-refractivity contribution in [3.05, 3.63) is 205 Å². The molecule has 0 amide bonds. The Hall–Kier alpha value is -7.16. The van der Waals surface area contributed by atoms with Crippen LogP contribution in [0.1, 0.15) is 75.3 Å². The van der Waals surface area contributed by atoms with E-state index in [-0.39, 0.29) is 11.1 Å². The van der Waals surface area contributed by atoms with Crippen LogP contribution in [0.25, 0.3) is 76.8 Å². The molecule has 2 aliphatic heterocycles. The fourth-order valence-electron chi connectivity index (χ4n) is 14.0. The molecule has 2 saturated carbocycles. The molecule has 0 spiro atoms. The second-order valence-electron chi connectivity index (χ2n) is 20.2. The largest absolute Gasteiger partial charge is 0.335 e. The van der Waals surface area contributed by atoms with Crippen molar-refractivity contribution in [2.75, 3.05) is 9.80 Å². The normalized spacial score (nSPS) is 21.8. The van der Waals surface area contributed by atoms with Gasteiger partial charge in [0.1, 0.15) is 0 Å². The predicted molar refractivity (Wildman–Crippen MR) is 279 cm³/mol. The van der Waals surface area contributed by atoms with Crippen molar-refractivity contribution in [2.24, 2.45) is 0 Å². The lowest BCUT2D eigenvalue weighted by molar-refractivity contribution is 0.451. The minimum Gasteiger partial charge on any atom is -0.335 e. The predicted octanol–water partition coefficient (Wildman–Crippen LogP) is 17.6. The van der Waals surface area contributed by atoms with Gasteiger partial charge in [0.25, 0.3) is 0 Å². The van der Waals surface area contributed by atoms with Crippen LogP contribution < -0.4 is 9.80 Å². The highest BCUT2D eigenvalue weighted by atomic mass is 15.2. The summed E-state index contributed by atoms with van der Waals surface area (Å²) in [5, 5.41) is 7.97. The molecule has 66 heavy (non-hydrogen) atoms. The molecule has 0 radical (unpaired) electrons. The second kappa shape index (κ2) is 14.2. The van der Waals surface area contributed by atoms with Crippen molar-refractivity contribution >= 4 is 55.1 Å². The molecule has 10 aromatic carbocycles. The Morgan fingerprint density at radius 2 is 0.712 bits per heavy atom. The first-order chi connectivity index (χ1) is 32.5. The van der Waals surface area contributed by atoms with Crippen LogP contribution in [0.2, 0.25) is 0 Å². The Morgan fingerprint density at radius 1 is 0.364 bits per heavy atom. The van der Waals surface area contributed by atoms with Crippen molar-refractivity contribution in [1.82, 2.24) is 0 Å². The third-order valence-electron chi connectivity index (χ3n) is 16.9. The molecule has 14 rings (SSSR count). The molecule has 0 aromatic heterocycles. The molecule has 0 saturated heterocycles. The summed E-state index contributed by atoms with van der Waals surface area (Å²) in [7, 11) is 0. The first-order valence-electron chi connectivity index (χ1n) is 24.4. The zero-order valence-electron chi connectivity index (χ0n) is 37.8. The zero-order chi connectivity index (χ0) is 43.7. The van der Waals surface area contributed by atoms with Gasteiger partial charge in [-0.15, -0.1) is 0 Å². The van der Waals surface area contributed by atoms with Crippen LogP contribution in [0.4, 0.5) is 22.7 Å². The molecule has 2 aliphatic carbocycles. The summed E-state index contributed by atoms with van der Waals surface area (Å²) >= 11 is 0. The number of nitrogens with zero attached hydrogens (tertiary/aromatic N) is 2. The Morgan fingerprint density at radius 3 is 1.09 bits per heavy atom. The van der Waals surface area contributed by atoms with E-state index in [4.69, 9.17) is 0 Å². The standard InChI is InChI=1S/C64H52N2/c1-63-35-15-25-57(63)55-37-43(27-33-59(55)65(63)45-21-11-5-12-22-45)53-39-51(41-17-7-3-8-18-41)47-30-32-50-54(40-52(42-19-9-4-10-20-42)48-29-31-49(53)61(47)62(48)50)44-28-34-60-56(38-44)58-26-16-36-64(58,2)66(60)46-23-13-6-14-24-46/h3-14,17-24,27-34,37-40,57-58H,15-16,25-26,35-36H2,1-2H3. The van der Waals surface area contributed by atoms with Crippen LogP contribution in [0, 0.1) is 0 Å². The number of hydrogen-bond donors (Lipinski definition) is 0. The quantitative estimate of drug-likeness (QED) is 0.154. The van der Waals surface area contributed by atoms with Crippen LogP contribution in [-0.4, -0.2) is 11.1 Å². The first kappa shape index (κ1) is 38.1. The van der Waals surface area contributed by atoms with E-state index in [1.165, 1.54) is 149 Å². The maximum atomic E-state index is 2.67. The number of para-hydroxylation sites is 2. The van der Waals surface area contributed by atoms with Crippen LogP contribution in [0.15, 0.2) is 194 Å². The average Bonchev–Trinajstić information content (AvgIpc) is 4.08. The van der Waals surface area contributed by atoms with Crippen LogP contribution in [0.3, 0.4) is 0 Å². The smallest absolute Gasteiger partial charge is 0.0492 e. The Balaban J connectivity index is 1.03. The van der Waals surface area contributed by atoms with Crippen molar-refractivity contribution in [3.63, 3.8) is 0 Å². The first-order valence-corrected chi connectivity index (χ1v) is 24.4. The number of hydrogen-bond acceptors (Lipinski definition) is 2. The van der Waals surface area contributed by atoms with Gasteiger partial charge in [0, 0.05) is 45.7 Å². The number of rotatable bonds is 6. The Labute approximate surface area is 388 Å². The maximum Gasteiger partial charge on any atom is 0.0492 e. The lowest BCUT2D eigenvalue weighted by Gasteiger charge is -2.37. The van der Waals surface area contributed by atoms with Gasteiger partial charge in [-0.05, 0) is 188 Å². The van der Waals surface area contributed by atoms with Crippen molar-refractivity contribution in [1.29, 1.82) is 0 Å². The lowest BCUT2D eigenvalue weighted by Crippen LogP contribution is -2.40. The summed E-state index contributed by atoms with van der Waals surface area (Å²) in [5.74, 6) is 0.984. The van der Waals surface area contributed by atoms with Gasteiger partial charge < -0.3 is 9.80 Å². The van der Waals surface area contributed by atoms with Gasteiger partial charge >= 0.3 is 0 Å². The molecular weight excluding hydrogens is 797 g/mol. The Bertz CT molecular complexity index is 3290. The van der Waals surface area contributed by atoms with Crippen LogP contribution in [0.5, 0.6) is 0 Å². The molecule has 2 fully saturated rings. The summed E-state index contributed by atoms with van der Waals surface area (Å²) in [5.41, 5.74) is 18.8. The van der Waals surface area contributed by atoms with Gasteiger partial charge in [-0.1, -0.05) is 146 Å². The highest BCUT2D eigenvalue weighted by Crippen LogP contribution is 2.61. The highest BCUT2D eigenvalue weighted by Gasteiger charge is 2.52. The highest BCUT2D eigenvalue weighted by molar-refractivity contribution is 6.32. The van der Waals surface area contributed by atoms with E-state index in [0.29, 0.717) is 11.8 Å². The molecular formula is C64H52N2. The van der Waals surface area contributed by atoms with Gasteiger partial charge in [-0.2, -0.15) is 0 Å². The fourth-order valence-corrected chi connectivity index (χ4v) is 14.0. The summed E-state index contributed by atoms with van der Waals surface area (Å²) in [6.07, 6.45) is 7.37. The van der Waals surface area contributed by atoms with Crippen LogP contribution in [-0.2, 0) is 0 Å². The van der Waals surface area contributed by atoms with Gasteiger partial charge in [-0.3, -0.25) is 0 Å². The molecule has 4 aliphatic rings.